The molecule has 0 saturated carbocycles. The summed E-state index contributed by atoms with van der Waals surface area (Å²) in [4.78, 5) is 26.2. The maximum absolute atomic E-state index is 12.6. The van der Waals surface area contributed by atoms with Gasteiger partial charge in [-0.1, -0.05) is 26.0 Å². The maximum Gasteiger partial charge on any atom is 0.240 e. The predicted molar refractivity (Wildman–Crippen MR) is 91.5 cm³/mol. The third-order valence-corrected chi connectivity index (χ3v) is 4.22. The highest BCUT2D eigenvalue weighted by molar-refractivity contribution is 5.89. The number of amides is 1. The minimum absolute atomic E-state index is 0.0508. The number of nitrogens with zero attached hydrogens (tertiary/aromatic N) is 1. The molecule has 128 valence electrons. The molecule has 0 radical (unpaired) electrons. The Kier molecular flexibility index (Phi) is 6.76. The Labute approximate surface area is 138 Å². The number of nitrogens with one attached hydrogen (secondary N) is 1. The van der Waals surface area contributed by atoms with Crippen LogP contribution < -0.4 is 5.32 Å². The second-order valence-electron chi connectivity index (χ2n) is 6.41. The third kappa shape index (κ3) is 4.79. The fraction of sp³-hybridized carbons (Fsp3) is 0.556. The number of aromatic hydroxyl groups is 1. The molecular formula is C18H28N2O3. The van der Waals surface area contributed by atoms with Gasteiger partial charge in [-0.25, -0.2) is 0 Å². The van der Waals surface area contributed by atoms with E-state index in [0.717, 1.165) is 11.1 Å². The molecule has 0 bridgehead atoms. The summed E-state index contributed by atoms with van der Waals surface area (Å²) in [6.07, 6.45) is 0.438. The van der Waals surface area contributed by atoms with Crippen molar-refractivity contribution >= 4 is 11.7 Å². The van der Waals surface area contributed by atoms with Gasteiger partial charge in [-0.2, -0.15) is 0 Å². The second kappa shape index (κ2) is 8.11. The normalized spacial score (nSPS) is 13.7. The molecule has 5 heteroatoms. The number of hydrogen-bond donors (Lipinski definition) is 2. The standard InChI is InChI=1S/C18H28N2O3/c1-11(2)17(19-5)18(23)20(6)15(13(4)21)10-14-7-8-16(22)12(3)9-14/h7-9,11,15,17,19,22H,10H2,1-6H3/t15-,17-/m0/s1. The zero-order chi connectivity index (χ0) is 17.7. The van der Waals surface area contributed by atoms with Crippen LogP contribution in [0.4, 0.5) is 0 Å². The van der Waals surface area contributed by atoms with Crippen LogP contribution in [0.1, 0.15) is 31.9 Å². The summed E-state index contributed by atoms with van der Waals surface area (Å²) in [5.41, 5.74) is 1.68. The van der Waals surface area contributed by atoms with E-state index in [4.69, 9.17) is 0 Å². The number of phenols is 1. The van der Waals surface area contributed by atoms with Crippen molar-refractivity contribution in [1.82, 2.24) is 10.2 Å². The van der Waals surface area contributed by atoms with Crippen molar-refractivity contribution in [2.45, 2.75) is 46.2 Å². The quantitative estimate of drug-likeness (QED) is 0.805. The first-order valence-electron chi connectivity index (χ1n) is 7.91. The Bertz CT molecular complexity index is 569. The monoisotopic (exact) mass is 320 g/mol. The molecule has 2 N–H and O–H groups in total. The molecule has 0 aliphatic carbocycles. The molecule has 0 aliphatic rings. The lowest BCUT2D eigenvalue weighted by Crippen LogP contribution is -2.52. The van der Waals surface area contributed by atoms with Crippen molar-refractivity contribution in [3.63, 3.8) is 0 Å². The van der Waals surface area contributed by atoms with E-state index in [-0.39, 0.29) is 29.4 Å². The number of carbonyl (C=O) groups is 2. The van der Waals surface area contributed by atoms with Crippen LogP contribution in [0.15, 0.2) is 18.2 Å². The molecule has 1 aromatic rings. The molecule has 1 rings (SSSR count). The van der Waals surface area contributed by atoms with E-state index in [0.29, 0.717) is 6.42 Å². The van der Waals surface area contributed by atoms with Crippen molar-refractivity contribution in [2.24, 2.45) is 5.92 Å². The molecule has 2 atom stereocenters. The molecular weight excluding hydrogens is 292 g/mol. The SMILES string of the molecule is CN[C@H](C(=O)N(C)[C@@H](Cc1ccc(O)c(C)c1)C(C)=O)C(C)C. The highest BCUT2D eigenvalue weighted by atomic mass is 16.3. The summed E-state index contributed by atoms with van der Waals surface area (Å²) in [5.74, 6) is 0.231. The van der Waals surface area contributed by atoms with Crippen LogP contribution in [0, 0.1) is 12.8 Å². The fourth-order valence-corrected chi connectivity index (χ4v) is 2.74. The van der Waals surface area contributed by atoms with Crippen LogP contribution >= 0.6 is 0 Å². The molecule has 0 spiro atoms. The van der Waals surface area contributed by atoms with Gasteiger partial charge in [-0.05, 0) is 50.4 Å². The predicted octanol–water partition coefficient (Wildman–Crippen LogP) is 1.90. The zero-order valence-corrected chi connectivity index (χ0v) is 14.9. The van der Waals surface area contributed by atoms with Gasteiger partial charge in [0.05, 0.1) is 12.1 Å². The molecule has 0 fully saturated rings. The smallest absolute Gasteiger partial charge is 0.240 e. The second-order valence-corrected chi connectivity index (χ2v) is 6.41. The van der Waals surface area contributed by atoms with Crippen LogP contribution in [-0.4, -0.2) is 47.9 Å². The van der Waals surface area contributed by atoms with E-state index in [2.05, 4.69) is 5.32 Å². The number of carbonyl (C=O) groups excluding carboxylic acids is 2. The minimum atomic E-state index is -0.513. The molecule has 23 heavy (non-hydrogen) atoms. The molecule has 1 aromatic carbocycles. The van der Waals surface area contributed by atoms with Crippen LogP contribution in [-0.2, 0) is 16.0 Å². The molecule has 1 amide bonds. The molecule has 0 unspecified atom stereocenters. The van der Waals surface area contributed by atoms with Gasteiger partial charge >= 0.3 is 0 Å². The van der Waals surface area contributed by atoms with E-state index in [1.807, 2.05) is 26.8 Å². The fourth-order valence-electron chi connectivity index (χ4n) is 2.74. The summed E-state index contributed by atoms with van der Waals surface area (Å²) in [7, 11) is 3.43. The van der Waals surface area contributed by atoms with Gasteiger partial charge in [0.1, 0.15) is 5.75 Å². The van der Waals surface area contributed by atoms with Gasteiger partial charge in [0.15, 0.2) is 5.78 Å². The van der Waals surface area contributed by atoms with E-state index in [9.17, 15) is 14.7 Å². The maximum atomic E-state index is 12.6. The van der Waals surface area contributed by atoms with E-state index in [1.54, 1.807) is 26.2 Å². The van der Waals surface area contributed by atoms with E-state index in [1.165, 1.54) is 11.8 Å². The van der Waals surface area contributed by atoms with Crippen LogP contribution in [0.2, 0.25) is 0 Å². The van der Waals surface area contributed by atoms with Crippen molar-refractivity contribution in [3.05, 3.63) is 29.3 Å². The average molecular weight is 320 g/mol. The molecule has 0 aromatic heterocycles. The summed E-state index contributed by atoms with van der Waals surface area (Å²) in [5, 5.41) is 12.6. The van der Waals surface area contributed by atoms with Crippen molar-refractivity contribution in [2.75, 3.05) is 14.1 Å². The number of rotatable bonds is 7. The van der Waals surface area contributed by atoms with Crippen LogP contribution in [0.25, 0.3) is 0 Å². The molecule has 5 nitrogen and oxygen atoms in total. The van der Waals surface area contributed by atoms with Crippen LogP contribution in [0.3, 0.4) is 0 Å². The first-order valence-corrected chi connectivity index (χ1v) is 7.91. The Morgan fingerprint density at radius 2 is 1.91 bits per heavy atom. The first kappa shape index (κ1) is 19.2. The Hall–Kier alpha value is -1.88. The number of ketones is 1. The number of phenolic OH excluding ortho intramolecular Hbond substituents is 1. The Balaban J connectivity index is 2.99. The number of hydrogen-bond acceptors (Lipinski definition) is 4. The van der Waals surface area contributed by atoms with Gasteiger partial charge < -0.3 is 15.3 Å². The van der Waals surface area contributed by atoms with Gasteiger partial charge in [-0.3, -0.25) is 9.59 Å². The van der Waals surface area contributed by atoms with Gasteiger partial charge in [0.2, 0.25) is 5.91 Å². The van der Waals surface area contributed by atoms with Crippen molar-refractivity contribution in [1.29, 1.82) is 0 Å². The van der Waals surface area contributed by atoms with Gasteiger partial charge in [0, 0.05) is 7.05 Å². The highest BCUT2D eigenvalue weighted by Gasteiger charge is 2.30. The lowest BCUT2D eigenvalue weighted by atomic mass is 9.97. The zero-order valence-electron chi connectivity index (χ0n) is 14.9. The number of aryl methyl sites for hydroxylation is 1. The largest absolute Gasteiger partial charge is 0.508 e. The Morgan fingerprint density at radius 1 is 1.30 bits per heavy atom. The molecule has 0 aliphatic heterocycles. The third-order valence-electron chi connectivity index (χ3n) is 4.22. The Morgan fingerprint density at radius 3 is 2.35 bits per heavy atom. The summed E-state index contributed by atoms with van der Waals surface area (Å²) in [6, 6.07) is 4.43. The molecule has 0 saturated heterocycles. The first-order chi connectivity index (χ1) is 10.7. The lowest BCUT2D eigenvalue weighted by molar-refractivity contribution is -0.139. The van der Waals surface area contributed by atoms with Gasteiger partial charge in [0.25, 0.3) is 0 Å². The van der Waals surface area contributed by atoms with Crippen molar-refractivity contribution < 1.29 is 14.7 Å². The van der Waals surface area contributed by atoms with E-state index >= 15 is 0 Å². The van der Waals surface area contributed by atoms with Gasteiger partial charge in [-0.15, -0.1) is 0 Å². The number of benzene rings is 1. The van der Waals surface area contributed by atoms with Crippen molar-refractivity contribution in [3.8, 4) is 5.75 Å². The number of likely N-dealkylation sites (N-methyl/N-ethyl adjacent to an activating group) is 2. The topological polar surface area (TPSA) is 69.6 Å². The average Bonchev–Trinajstić information content (AvgIpc) is 2.47. The lowest BCUT2D eigenvalue weighted by Gasteiger charge is -2.31. The number of Topliss-reactive ketones (excluding diaryl/α,β-unsaturated/α-hetero) is 1. The van der Waals surface area contributed by atoms with Crippen LogP contribution in [0.5, 0.6) is 5.75 Å². The molecule has 0 heterocycles. The minimum Gasteiger partial charge on any atom is -0.508 e. The van der Waals surface area contributed by atoms with E-state index < -0.39 is 6.04 Å². The summed E-state index contributed by atoms with van der Waals surface area (Å²) in [6.45, 7) is 7.26. The summed E-state index contributed by atoms with van der Waals surface area (Å²) < 4.78 is 0. The summed E-state index contributed by atoms with van der Waals surface area (Å²) >= 11 is 0. The highest BCUT2D eigenvalue weighted by Crippen LogP contribution is 2.19.